The Labute approximate surface area is 252 Å². The van der Waals surface area contributed by atoms with Gasteiger partial charge in [-0.1, -0.05) is 23.7 Å². The van der Waals surface area contributed by atoms with E-state index < -0.39 is 5.82 Å². The molecule has 11 heteroatoms. The molecule has 0 saturated carbocycles. The average Bonchev–Trinajstić information content (AvgIpc) is 3.36. The van der Waals surface area contributed by atoms with Crippen molar-refractivity contribution in [2.75, 3.05) is 37.9 Å². The summed E-state index contributed by atoms with van der Waals surface area (Å²) in [6, 6.07) is 20.1. The van der Waals surface area contributed by atoms with Gasteiger partial charge in [0.1, 0.15) is 18.2 Å². The number of nitrogens with one attached hydrogen (secondary N) is 2. The third-order valence-electron chi connectivity index (χ3n) is 6.11. The number of likely N-dealkylation sites (N-methyl/N-ethyl adjacent to an activating group) is 1. The number of aryl methyl sites for hydroxylation is 1. The molecule has 8 nitrogen and oxygen atoms in total. The summed E-state index contributed by atoms with van der Waals surface area (Å²) in [4.78, 5) is 29.5. The first-order chi connectivity index (χ1) is 20.2. The third-order valence-corrected chi connectivity index (χ3v) is 7.40. The van der Waals surface area contributed by atoms with Crippen LogP contribution >= 0.6 is 22.9 Å². The molecule has 0 saturated heterocycles. The molecule has 0 bridgehead atoms. The van der Waals surface area contributed by atoms with Gasteiger partial charge >= 0.3 is 0 Å². The van der Waals surface area contributed by atoms with Crippen LogP contribution in [0, 0.1) is 12.7 Å². The highest BCUT2D eigenvalue weighted by Gasteiger charge is 2.17. The highest BCUT2D eigenvalue weighted by atomic mass is 35.5. The predicted molar refractivity (Wildman–Crippen MR) is 166 cm³/mol. The van der Waals surface area contributed by atoms with Gasteiger partial charge in [-0.05, 0) is 81.7 Å². The predicted octanol–water partition coefficient (Wildman–Crippen LogP) is 7.30. The van der Waals surface area contributed by atoms with Gasteiger partial charge in [0.15, 0.2) is 0 Å². The number of rotatable bonds is 10. The first-order valence-corrected chi connectivity index (χ1v) is 14.3. The Morgan fingerprint density at radius 3 is 2.60 bits per heavy atom. The van der Waals surface area contributed by atoms with E-state index in [4.69, 9.17) is 26.3 Å². The number of carbonyl (C=O) groups is 1. The van der Waals surface area contributed by atoms with E-state index in [1.165, 1.54) is 35.6 Å². The van der Waals surface area contributed by atoms with E-state index in [9.17, 15) is 9.18 Å². The van der Waals surface area contributed by atoms with Crippen molar-refractivity contribution in [2.45, 2.75) is 6.92 Å². The Kier molecular flexibility index (Phi) is 9.06. The van der Waals surface area contributed by atoms with Gasteiger partial charge in [0.05, 0.1) is 26.3 Å². The van der Waals surface area contributed by atoms with Crippen LogP contribution in [0.15, 0.2) is 79.0 Å². The zero-order valence-corrected chi connectivity index (χ0v) is 24.8. The number of aromatic nitrogens is 3. The van der Waals surface area contributed by atoms with Crippen molar-refractivity contribution in [3.63, 3.8) is 0 Å². The molecule has 0 aliphatic rings. The van der Waals surface area contributed by atoms with Gasteiger partial charge in [-0.25, -0.2) is 19.3 Å². The van der Waals surface area contributed by atoms with Gasteiger partial charge in [-0.15, -0.1) is 11.3 Å². The second kappa shape index (κ2) is 13.1. The molecule has 2 heterocycles. The van der Waals surface area contributed by atoms with Crippen LogP contribution in [0.1, 0.15) is 15.4 Å². The normalized spacial score (nSPS) is 11.0. The molecule has 1 amide bonds. The maximum atomic E-state index is 13.3. The van der Waals surface area contributed by atoms with E-state index in [-0.39, 0.29) is 5.91 Å². The second-order valence-corrected chi connectivity index (χ2v) is 11.3. The van der Waals surface area contributed by atoms with Crippen LogP contribution in [-0.4, -0.2) is 53.0 Å². The first kappa shape index (κ1) is 29.1. The molecule has 0 aliphatic carbocycles. The Balaban J connectivity index is 1.35. The lowest BCUT2D eigenvalue weighted by Gasteiger charge is -2.13. The summed E-state index contributed by atoms with van der Waals surface area (Å²) in [5.74, 6) is 0.286. The van der Waals surface area contributed by atoms with Gasteiger partial charge in [0.25, 0.3) is 5.91 Å². The van der Waals surface area contributed by atoms with Crippen molar-refractivity contribution in [2.24, 2.45) is 0 Å². The lowest BCUT2D eigenvalue weighted by atomic mass is 10.1. The lowest BCUT2D eigenvalue weighted by Crippen LogP contribution is -2.19. The van der Waals surface area contributed by atoms with E-state index in [2.05, 4.69) is 15.6 Å². The van der Waals surface area contributed by atoms with Gasteiger partial charge in [0, 0.05) is 35.2 Å². The van der Waals surface area contributed by atoms with E-state index in [1.54, 1.807) is 18.3 Å². The average molecular weight is 603 g/mol. The molecule has 0 atom stereocenters. The number of thiazole rings is 1. The fraction of sp³-hybridized carbons (Fsp3) is 0.161. The Hall–Kier alpha value is -4.38. The fourth-order valence-corrected chi connectivity index (χ4v) is 5.20. The first-order valence-electron chi connectivity index (χ1n) is 13.1. The molecule has 5 rings (SSSR count). The van der Waals surface area contributed by atoms with Gasteiger partial charge in [-0.2, -0.15) is 0 Å². The molecule has 2 aromatic heterocycles. The summed E-state index contributed by atoms with van der Waals surface area (Å²) >= 11 is 7.96. The molecule has 42 heavy (non-hydrogen) atoms. The van der Waals surface area contributed by atoms with Crippen LogP contribution in [0.2, 0.25) is 5.02 Å². The molecule has 2 N–H and O–H groups in total. The minimum absolute atomic E-state index is 0.332. The fourth-order valence-electron chi connectivity index (χ4n) is 4.05. The van der Waals surface area contributed by atoms with Crippen molar-refractivity contribution in [3.8, 4) is 27.6 Å². The van der Waals surface area contributed by atoms with E-state index >= 15 is 0 Å². The van der Waals surface area contributed by atoms with E-state index in [1.807, 2.05) is 62.3 Å². The number of hydrogen-bond donors (Lipinski definition) is 2. The number of carbonyl (C=O) groups excluding carboxylic acids is 1. The van der Waals surface area contributed by atoms with Crippen LogP contribution in [0.5, 0.6) is 5.75 Å². The quantitative estimate of drug-likeness (QED) is 0.173. The highest BCUT2D eigenvalue weighted by Crippen LogP contribution is 2.37. The summed E-state index contributed by atoms with van der Waals surface area (Å²) < 4.78 is 19.0. The molecular formula is C31H28ClFN6O2S. The standard InChI is InChI=1S/C31H28ClFN6O2S/c1-19-35-28(21-5-4-6-23(17-21)36-30(40)20-7-9-22(33)10-8-20)29(42-19)26-13-14-34-31(38-26)37-24-11-12-27(25(32)18-24)41-16-15-39(2)3/h4-14,17-18H,15-16H2,1-3H3,(H,36,40)(H,34,37,38). The Morgan fingerprint density at radius 2 is 1.83 bits per heavy atom. The molecule has 214 valence electrons. The zero-order chi connectivity index (χ0) is 29.6. The number of benzene rings is 3. The topological polar surface area (TPSA) is 92.3 Å². The van der Waals surface area contributed by atoms with Gasteiger partial charge in [-0.3, -0.25) is 4.79 Å². The molecular weight excluding hydrogens is 575 g/mol. The Morgan fingerprint density at radius 1 is 1.02 bits per heavy atom. The number of hydrogen-bond acceptors (Lipinski definition) is 8. The molecule has 3 aromatic carbocycles. The lowest BCUT2D eigenvalue weighted by molar-refractivity contribution is 0.102. The van der Waals surface area contributed by atoms with Crippen LogP contribution in [0.25, 0.3) is 21.8 Å². The summed E-state index contributed by atoms with van der Waals surface area (Å²) in [7, 11) is 3.97. The van der Waals surface area contributed by atoms with Crippen LogP contribution in [0.4, 0.5) is 21.7 Å². The molecule has 0 spiro atoms. The summed E-state index contributed by atoms with van der Waals surface area (Å²) in [6.07, 6.45) is 1.68. The van der Waals surface area contributed by atoms with E-state index in [0.29, 0.717) is 40.3 Å². The molecule has 0 unspecified atom stereocenters. The van der Waals surface area contributed by atoms with E-state index in [0.717, 1.165) is 33.4 Å². The summed E-state index contributed by atoms with van der Waals surface area (Å²) in [5, 5.41) is 7.44. The minimum Gasteiger partial charge on any atom is -0.491 e. The smallest absolute Gasteiger partial charge is 0.255 e. The third kappa shape index (κ3) is 7.27. The minimum atomic E-state index is -0.398. The van der Waals surface area contributed by atoms with Crippen LogP contribution in [0.3, 0.4) is 0 Å². The molecule has 0 fully saturated rings. The van der Waals surface area contributed by atoms with Crippen molar-refractivity contribution in [3.05, 3.63) is 100 Å². The second-order valence-electron chi connectivity index (χ2n) is 9.64. The van der Waals surface area contributed by atoms with Crippen molar-refractivity contribution in [1.82, 2.24) is 19.9 Å². The number of anilines is 3. The van der Waals surface area contributed by atoms with Crippen molar-refractivity contribution in [1.29, 1.82) is 0 Å². The molecule has 5 aromatic rings. The maximum absolute atomic E-state index is 13.3. The number of amides is 1. The molecule has 0 radical (unpaired) electrons. The highest BCUT2D eigenvalue weighted by molar-refractivity contribution is 7.15. The monoisotopic (exact) mass is 602 g/mol. The van der Waals surface area contributed by atoms with Crippen molar-refractivity contribution < 1.29 is 13.9 Å². The maximum Gasteiger partial charge on any atom is 0.255 e. The Bertz CT molecular complexity index is 1710. The van der Waals surface area contributed by atoms with Gasteiger partial charge in [0.2, 0.25) is 5.95 Å². The number of halogens is 2. The largest absolute Gasteiger partial charge is 0.491 e. The SMILES string of the molecule is Cc1nc(-c2cccc(NC(=O)c3ccc(F)cc3)c2)c(-c2ccnc(Nc3ccc(OCCN(C)C)c(Cl)c3)n2)s1. The van der Waals surface area contributed by atoms with Crippen LogP contribution < -0.4 is 15.4 Å². The van der Waals surface area contributed by atoms with Crippen LogP contribution in [-0.2, 0) is 0 Å². The van der Waals surface area contributed by atoms with Crippen molar-refractivity contribution >= 4 is 46.2 Å². The summed E-state index contributed by atoms with van der Waals surface area (Å²) in [6.45, 7) is 3.25. The number of nitrogens with zero attached hydrogens (tertiary/aromatic N) is 4. The van der Waals surface area contributed by atoms with Gasteiger partial charge < -0.3 is 20.3 Å². The number of ether oxygens (including phenoxy) is 1. The molecule has 0 aliphatic heterocycles. The summed E-state index contributed by atoms with van der Waals surface area (Å²) in [5.41, 5.74) is 3.93. The zero-order valence-electron chi connectivity index (χ0n) is 23.2.